The van der Waals surface area contributed by atoms with Crippen LogP contribution < -0.4 is 0 Å². The molecule has 0 aliphatic rings. The Labute approximate surface area is 307 Å². The third-order valence-electron chi connectivity index (χ3n) is 10.7. The van der Waals surface area contributed by atoms with E-state index in [9.17, 15) is 9.59 Å². The minimum atomic E-state index is -0.0124. The van der Waals surface area contributed by atoms with Gasteiger partial charge in [0.25, 0.3) is 0 Å². The maximum absolute atomic E-state index is 12.5. The first-order valence-corrected chi connectivity index (χ1v) is 22.4. The quantitative estimate of drug-likeness (QED) is 0.0474. The van der Waals surface area contributed by atoms with E-state index in [1.54, 1.807) is 0 Å². The van der Waals surface area contributed by atoms with E-state index in [0.717, 1.165) is 32.1 Å². The van der Waals surface area contributed by atoms with Crippen molar-refractivity contribution in [1.29, 1.82) is 0 Å². The number of rotatable bonds is 40. The van der Waals surface area contributed by atoms with Crippen LogP contribution in [0.3, 0.4) is 0 Å². The standard InChI is InChI=1S/C45H88O4/c1-5-9-12-14-16-17-18-19-20-21-22-23-24-29-33-39-45(47)49-41-43(36-31-27-15-13-10-6-2)37-32-28-25-26-30-34-38-44(46)48-40-42(8-4)35-11-7-3/h42-43H,5-41H2,1-4H3. The monoisotopic (exact) mass is 693 g/mol. The second-order valence-electron chi connectivity index (χ2n) is 15.6. The average molecular weight is 693 g/mol. The fraction of sp³-hybridized carbons (Fsp3) is 0.956. The molecule has 0 heterocycles. The fourth-order valence-corrected chi connectivity index (χ4v) is 7.04. The molecule has 292 valence electrons. The lowest BCUT2D eigenvalue weighted by molar-refractivity contribution is -0.146. The van der Waals surface area contributed by atoms with Gasteiger partial charge in [0.2, 0.25) is 0 Å². The van der Waals surface area contributed by atoms with Crippen molar-refractivity contribution in [3.8, 4) is 0 Å². The molecule has 0 saturated heterocycles. The molecule has 0 radical (unpaired) electrons. The van der Waals surface area contributed by atoms with Crippen molar-refractivity contribution in [2.75, 3.05) is 13.2 Å². The summed E-state index contributed by atoms with van der Waals surface area (Å²) in [5, 5.41) is 0. The van der Waals surface area contributed by atoms with Crippen LogP contribution in [-0.2, 0) is 19.1 Å². The second kappa shape index (κ2) is 39.7. The second-order valence-corrected chi connectivity index (χ2v) is 15.6. The molecule has 0 aromatic heterocycles. The summed E-state index contributed by atoms with van der Waals surface area (Å²) < 4.78 is 11.4. The smallest absolute Gasteiger partial charge is 0.305 e. The predicted octanol–water partition coefficient (Wildman–Crippen LogP) is 15.0. The van der Waals surface area contributed by atoms with Crippen molar-refractivity contribution < 1.29 is 19.1 Å². The van der Waals surface area contributed by atoms with Crippen LogP contribution in [0.1, 0.15) is 252 Å². The topological polar surface area (TPSA) is 52.6 Å². The Kier molecular flexibility index (Phi) is 38.9. The number of ether oxygens (including phenoxy) is 2. The summed E-state index contributed by atoms with van der Waals surface area (Å²) in [5.74, 6) is 1.04. The Morgan fingerprint density at radius 2 is 0.633 bits per heavy atom. The highest BCUT2D eigenvalue weighted by Crippen LogP contribution is 2.21. The number of unbranched alkanes of at least 4 members (excludes halogenated alkanes) is 25. The van der Waals surface area contributed by atoms with Gasteiger partial charge in [0.05, 0.1) is 13.2 Å². The van der Waals surface area contributed by atoms with Crippen molar-refractivity contribution in [2.45, 2.75) is 252 Å². The molecule has 0 spiro atoms. The summed E-state index contributed by atoms with van der Waals surface area (Å²) in [6.45, 7) is 10.2. The first-order chi connectivity index (χ1) is 24.1. The van der Waals surface area contributed by atoms with Crippen molar-refractivity contribution in [3.63, 3.8) is 0 Å². The van der Waals surface area contributed by atoms with E-state index in [1.807, 2.05) is 0 Å². The summed E-state index contributed by atoms with van der Waals surface area (Å²) in [6.07, 6.45) is 43.2. The minimum absolute atomic E-state index is 0.0124. The van der Waals surface area contributed by atoms with Crippen LogP contribution >= 0.6 is 0 Å². The highest BCUT2D eigenvalue weighted by atomic mass is 16.5. The lowest BCUT2D eigenvalue weighted by atomic mass is 9.94. The van der Waals surface area contributed by atoms with Gasteiger partial charge in [0, 0.05) is 12.8 Å². The van der Waals surface area contributed by atoms with Gasteiger partial charge in [-0.05, 0) is 43.9 Å². The highest BCUT2D eigenvalue weighted by molar-refractivity contribution is 5.69. The van der Waals surface area contributed by atoms with E-state index in [2.05, 4.69) is 27.7 Å². The van der Waals surface area contributed by atoms with E-state index in [4.69, 9.17) is 9.47 Å². The van der Waals surface area contributed by atoms with Gasteiger partial charge in [-0.15, -0.1) is 0 Å². The number of hydrogen-bond donors (Lipinski definition) is 0. The van der Waals surface area contributed by atoms with Crippen molar-refractivity contribution in [1.82, 2.24) is 0 Å². The first kappa shape index (κ1) is 47.9. The van der Waals surface area contributed by atoms with Gasteiger partial charge in [-0.1, -0.05) is 207 Å². The zero-order valence-corrected chi connectivity index (χ0v) is 34.0. The van der Waals surface area contributed by atoms with Gasteiger partial charge in [-0.25, -0.2) is 0 Å². The maximum Gasteiger partial charge on any atom is 0.305 e. The highest BCUT2D eigenvalue weighted by Gasteiger charge is 2.13. The van der Waals surface area contributed by atoms with Gasteiger partial charge >= 0.3 is 11.9 Å². The van der Waals surface area contributed by atoms with Crippen LogP contribution in [-0.4, -0.2) is 25.2 Å². The normalized spacial score (nSPS) is 12.7. The van der Waals surface area contributed by atoms with Gasteiger partial charge < -0.3 is 9.47 Å². The lowest BCUT2D eigenvalue weighted by Gasteiger charge is -2.17. The summed E-state index contributed by atoms with van der Waals surface area (Å²) >= 11 is 0. The summed E-state index contributed by atoms with van der Waals surface area (Å²) in [6, 6.07) is 0. The molecule has 49 heavy (non-hydrogen) atoms. The third-order valence-corrected chi connectivity index (χ3v) is 10.7. The molecule has 2 atom stereocenters. The van der Waals surface area contributed by atoms with Crippen LogP contribution in [0, 0.1) is 11.8 Å². The zero-order valence-electron chi connectivity index (χ0n) is 34.0. The molecule has 0 saturated carbocycles. The lowest BCUT2D eigenvalue weighted by Crippen LogP contribution is -2.14. The summed E-state index contributed by atoms with van der Waals surface area (Å²) in [4.78, 5) is 24.7. The molecule has 0 rings (SSSR count). The van der Waals surface area contributed by atoms with Crippen LogP contribution in [0.2, 0.25) is 0 Å². The van der Waals surface area contributed by atoms with Crippen molar-refractivity contribution >= 4 is 11.9 Å². The molecule has 0 amide bonds. The van der Waals surface area contributed by atoms with Gasteiger partial charge in [0.15, 0.2) is 0 Å². The zero-order chi connectivity index (χ0) is 35.9. The third kappa shape index (κ3) is 36.5. The number of carbonyl (C=O) groups is 2. The Hall–Kier alpha value is -1.06. The van der Waals surface area contributed by atoms with E-state index in [0.29, 0.717) is 37.9 Å². The molecule has 2 unspecified atom stereocenters. The van der Waals surface area contributed by atoms with E-state index >= 15 is 0 Å². The van der Waals surface area contributed by atoms with E-state index in [1.165, 1.54) is 180 Å². The fourth-order valence-electron chi connectivity index (χ4n) is 7.04. The molecule has 4 nitrogen and oxygen atoms in total. The molecule has 0 N–H and O–H groups in total. The maximum atomic E-state index is 12.5. The Morgan fingerprint density at radius 1 is 0.347 bits per heavy atom. The molecule has 0 fully saturated rings. The van der Waals surface area contributed by atoms with E-state index < -0.39 is 0 Å². The van der Waals surface area contributed by atoms with Crippen LogP contribution in [0.4, 0.5) is 0 Å². The number of hydrogen-bond acceptors (Lipinski definition) is 4. The molecule has 0 aliphatic heterocycles. The molecule has 0 aromatic rings. The minimum Gasteiger partial charge on any atom is -0.465 e. The summed E-state index contributed by atoms with van der Waals surface area (Å²) in [7, 11) is 0. The van der Waals surface area contributed by atoms with Gasteiger partial charge in [-0.3, -0.25) is 9.59 Å². The molecule has 4 heteroatoms. The molecular weight excluding hydrogens is 604 g/mol. The van der Waals surface area contributed by atoms with Crippen LogP contribution in [0.5, 0.6) is 0 Å². The van der Waals surface area contributed by atoms with Gasteiger partial charge in [0.1, 0.15) is 0 Å². The first-order valence-electron chi connectivity index (χ1n) is 22.4. The van der Waals surface area contributed by atoms with Gasteiger partial charge in [-0.2, -0.15) is 0 Å². The Balaban J connectivity index is 3.99. The van der Waals surface area contributed by atoms with Crippen molar-refractivity contribution in [2.24, 2.45) is 11.8 Å². The van der Waals surface area contributed by atoms with Crippen molar-refractivity contribution in [3.05, 3.63) is 0 Å². The Bertz CT molecular complexity index is 677. The number of esters is 2. The molecule has 0 aromatic carbocycles. The SMILES string of the molecule is CCCCCCCCCCCCCCCCCC(=O)OCC(CCCCCCCC)CCCCCCCCC(=O)OCC(CC)CCCC. The van der Waals surface area contributed by atoms with Crippen LogP contribution in [0.25, 0.3) is 0 Å². The van der Waals surface area contributed by atoms with Crippen LogP contribution in [0.15, 0.2) is 0 Å². The largest absolute Gasteiger partial charge is 0.465 e. The Morgan fingerprint density at radius 3 is 0.980 bits per heavy atom. The van der Waals surface area contributed by atoms with E-state index in [-0.39, 0.29) is 11.9 Å². The molecule has 0 bridgehead atoms. The summed E-state index contributed by atoms with van der Waals surface area (Å²) in [5.41, 5.74) is 0. The molecular formula is C45H88O4. The molecule has 0 aliphatic carbocycles. The predicted molar refractivity (Wildman–Crippen MR) is 213 cm³/mol. The number of carbonyl (C=O) groups excluding carboxylic acids is 2. The average Bonchev–Trinajstić information content (AvgIpc) is 3.11.